The Hall–Kier alpha value is -1.16. The van der Waals surface area contributed by atoms with Crippen LogP contribution in [0.15, 0.2) is 12.2 Å². The minimum absolute atomic E-state index is 0.0363. The second-order valence-electron chi connectivity index (χ2n) is 3.07. The molecule has 1 rings (SSSR count). The minimum atomic E-state index is -0.469. The molecule has 1 aliphatic rings. The number of esters is 1. The highest BCUT2D eigenvalue weighted by molar-refractivity contribution is 5.87. The molecule has 0 aromatic carbocycles. The third-order valence-electron chi connectivity index (χ3n) is 1.64. The molecule has 13 heavy (non-hydrogen) atoms. The first kappa shape index (κ1) is 9.92. The lowest BCUT2D eigenvalue weighted by molar-refractivity contribution is -0.154. The van der Waals surface area contributed by atoms with Crippen molar-refractivity contribution < 1.29 is 19.1 Å². The molecule has 0 radical (unpaired) electrons. The van der Waals surface area contributed by atoms with Crippen molar-refractivity contribution in [3.05, 3.63) is 12.2 Å². The summed E-state index contributed by atoms with van der Waals surface area (Å²) in [5.74, 6) is -0.505. The average molecular weight is 184 g/mol. The standard InChI is InChI=1S/C9H12O4/c1-6(2)9(11)13-8-3-7(10)4-12-5-8/h8H,1,3-5H2,2H3. The number of ketones is 1. The van der Waals surface area contributed by atoms with E-state index in [1.54, 1.807) is 6.92 Å². The Morgan fingerprint density at radius 3 is 2.92 bits per heavy atom. The lowest BCUT2D eigenvalue weighted by Gasteiger charge is -2.21. The van der Waals surface area contributed by atoms with E-state index in [4.69, 9.17) is 9.47 Å². The van der Waals surface area contributed by atoms with Crippen LogP contribution in [-0.2, 0) is 19.1 Å². The summed E-state index contributed by atoms with van der Waals surface area (Å²) in [4.78, 5) is 21.9. The van der Waals surface area contributed by atoms with Gasteiger partial charge in [-0.25, -0.2) is 4.79 Å². The van der Waals surface area contributed by atoms with Crippen LogP contribution in [0.2, 0.25) is 0 Å². The van der Waals surface area contributed by atoms with E-state index >= 15 is 0 Å². The average Bonchev–Trinajstić information content (AvgIpc) is 2.04. The summed E-state index contributed by atoms with van der Waals surface area (Å²) < 4.78 is 9.86. The summed E-state index contributed by atoms with van der Waals surface area (Å²) >= 11 is 0. The molecule has 1 fully saturated rings. The molecule has 0 amide bonds. The van der Waals surface area contributed by atoms with Crippen molar-refractivity contribution in [3.63, 3.8) is 0 Å². The van der Waals surface area contributed by atoms with Gasteiger partial charge in [0.1, 0.15) is 12.7 Å². The normalized spacial score (nSPS) is 22.5. The third kappa shape index (κ3) is 2.99. The van der Waals surface area contributed by atoms with Crippen molar-refractivity contribution in [2.75, 3.05) is 13.2 Å². The number of Topliss-reactive ketones (excluding diaryl/α,β-unsaturated/α-hetero) is 1. The van der Waals surface area contributed by atoms with Crippen LogP contribution < -0.4 is 0 Å². The van der Waals surface area contributed by atoms with Gasteiger partial charge in [-0.15, -0.1) is 0 Å². The molecule has 0 saturated carbocycles. The Morgan fingerprint density at radius 1 is 1.69 bits per heavy atom. The van der Waals surface area contributed by atoms with E-state index in [-0.39, 0.29) is 18.8 Å². The van der Waals surface area contributed by atoms with Gasteiger partial charge in [0.05, 0.1) is 6.61 Å². The van der Waals surface area contributed by atoms with Gasteiger partial charge >= 0.3 is 5.97 Å². The van der Waals surface area contributed by atoms with Crippen LogP contribution in [-0.4, -0.2) is 31.1 Å². The second kappa shape index (κ2) is 4.18. The molecule has 0 aliphatic carbocycles. The monoisotopic (exact) mass is 184 g/mol. The highest BCUT2D eigenvalue weighted by Gasteiger charge is 2.23. The van der Waals surface area contributed by atoms with Gasteiger partial charge < -0.3 is 9.47 Å². The van der Waals surface area contributed by atoms with Gasteiger partial charge in [0.15, 0.2) is 5.78 Å². The van der Waals surface area contributed by atoms with Crippen LogP contribution in [0.5, 0.6) is 0 Å². The molecule has 0 aromatic rings. The maximum atomic E-state index is 11.0. The first-order valence-electron chi connectivity index (χ1n) is 4.05. The summed E-state index contributed by atoms with van der Waals surface area (Å²) in [5.41, 5.74) is 0.332. The molecule has 0 spiro atoms. The topological polar surface area (TPSA) is 52.6 Å². The van der Waals surface area contributed by atoms with Crippen LogP contribution in [0.1, 0.15) is 13.3 Å². The van der Waals surface area contributed by atoms with Gasteiger partial charge in [0.2, 0.25) is 0 Å². The number of rotatable bonds is 2. The summed E-state index contributed by atoms with van der Waals surface area (Å²) in [6.45, 7) is 5.43. The van der Waals surface area contributed by atoms with Gasteiger partial charge in [-0.3, -0.25) is 4.79 Å². The maximum Gasteiger partial charge on any atom is 0.333 e. The fourth-order valence-electron chi connectivity index (χ4n) is 1.00. The van der Waals surface area contributed by atoms with Crippen molar-refractivity contribution in [2.45, 2.75) is 19.4 Å². The largest absolute Gasteiger partial charge is 0.456 e. The quantitative estimate of drug-likeness (QED) is 0.462. The molecule has 1 saturated heterocycles. The van der Waals surface area contributed by atoms with Crippen LogP contribution in [0.4, 0.5) is 0 Å². The molecular formula is C9H12O4. The van der Waals surface area contributed by atoms with Crippen LogP contribution >= 0.6 is 0 Å². The molecule has 0 N–H and O–H groups in total. The number of hydrogen-bond donors (Lipinski definition) is 0. The second-order valence-corrected chi connectivity index (χ2v) is 3.07. The Kier molecular flexibility index (Phi) is 3.19. The molecule has 1 heterocycles. The van der Waals surface area contributed by atoms with Gasteiger partial charge in [0, 0.05) is 12.0 Å². The molecule has 1 atom stereocenters. The van der Waals surface area contributed by atoms with E-state index in [0.717, 1.165) is 0 Å². The minimum Gasteiger partial charge on any atom is -0.456 e. The van der Waals surface area contributed by atoms with Crippen molar-refractivity contribution in [1.82, 2.24) is 0 Å². The SMILES string of the molecule is C=C(C)C(=O)OC1COCC(=O)C1. The van der Waals surface area contributed by atoms with Gasteiger partial charge in [-0.05, 0) is 6.92 Å². The Labute approximate surface area is 76.5 Å². The first-order chi connectivity index (χ1) is 6.09. The zero-order valence-corrected chi connectivity index (χ0v) is 7.54. The van der Waals surface area contributed by atoms with Crippen LogP contribution in [0, 0.1) is 0 Å². The molecule has 72 valence electrons. The zero-order chi connectivity index (χ0) is 9.84. The molecule has 0 aromatic heterocycles. The molecule has 1 unspecified atom stereocenters. The Morgan fingerprint density at radius 2 is 2.38 bits per heavy atom. The first-order valence-corrected chi connectivity index (χ1v) is 4.05. The van der Waals surface area contributed by atoms with E-state index in [9.17, 15) is 9.59 Å². The fourth-order valence-corrected chi connectivity index (χ4v) is 1.00. The van der Waals surface area contributed by atoms with Crippen molar-refractivity contribution >= 4 is 11.8 Å². The molecule has 4 heteroatoms. The van der Waals surface area contributed by atoms with Crippen molar-refractivity contribution in [3.8, 4) is 0 Å². The van der Waals surface area contributed by atoms with E-state index in [1.807, 2.05) is 0 Å². The number of carbonyl (C=O) groups is 2. The zero-order valence-electron chi connectivity index (χ0n) is 7.54. The van der Waals surface area contributed by atoms with Crippen LogP contribution in [0.25, 0.3) is 0 Å². The van der Waals surface area contributed by atoms with Crippen LogP contribution in [0.3, 0.4) is 0 Å². The van der Waals surface area contributed by atoms with Crippen molar-refractivity contribution in [1.29, 1.82) is 0 Å². The number of ether oxygens (including phenoxy) is 2. The van der Waals surface area contributed by atoms with Crippen molar-refractivity contribution in [2.24, 2.45) is 0 Å². The predicted molar refractivity (Wildman–Crippen MR) is 45.1 cm³/mol. The number of carbonyl (C=O) groups excluding carboxylic acids is 2. The molecular weight excluding hydrogens is 172 g/mol. The highest BCUT2D eigenvalue weighted by Crippen LogP contribution is 2.09. The Bertz CT molecular complexity index is 244. The summed E-state index contributed by atoms with van der Waals surface area (Å²) in [6.07, 6.45) is -0.190. The van der Waals surface area contributed by atoms with E-state index in [0.29, 0.717) is 12.2 Å². The van der Waals surface area contributed by atoms with E-state index < -0.39 is 12.1 Å². The molecule has 4 nitrogen and oxygen atoms in total. The highest BCUT2D eigenvalue weighted by atomic mass is 16.6. The summed E-state index contributed by atoms with van der Waals surface area (Å²) in [5, 5.41) is 0. The lowest BCUT2D eigenvalue weighted by Crippen LogP contribution is -2.33. The number of hydrogen-bond acceptors (Lipinski definition) is 4. The summed E-state index contributed by atoms with van der Waals surface area (Å²) in [6, 6.07) is 0. The predicted octanol–water partition coefficient (Wildman–Crippen LogP) is 0.464. The van der Waals surface area contributed by atoms with E-state index in [1.165, 1.54) is 0 Å². The molecule has 1 aliphatic heterocycles. The van der Waals surface area contributed by atoms with E-state index in [2.05, 4.69) is 6.58 Å². The summed E-state index contributed by atoms with van der Waals surface area (Å²) in [7, 11) is 0. The van der Waals surface area contributed by atoms with Gasteiger partial charge in [-0.1, -0.05) is 6.58 Å². The maximum absolute atomic E-state index is 11.0. The fraction of sp³-hybridized carbons (Fsp3) is 0.556. The molecule has 0 bridgehead atoms. The van der Waals surface area contributed by atoms with Gasteiger partial charge in [-0.2, -0.15) is 0 Å². The smallest absolute Gasteiger partial charge is 0.333 e. The lowest BCUT2D eigenvalue weighted by atomic mass is 10.1. The third-order valence-corrected chi connectivity index (χ3v) is 1.64. The Balaban J connectivity index is 2.40. The van der Waals surface area contributed by atoms with Gasteiger partial charge in [0.25, 0.3) is 0 Å².